The maximum absolute atomic E-state index is 9.62. The second-order valence-electron chi connectivity index (χ2n) is 5.73. The molecule has 5 heteroatoms. The van der Waals surface area contributed by atoms with Crippen LogP contribution in [0.4, 0.5) is 0 Å². The maximum Gasteiger partial charge on any atom is 0.0863 e. The average Bonchev–Trinajstić information content (AvgIpc) is 2.96. The van der Waals surface area contributed by atoms with E-state index in [4.69, 9.17) is 11.6 Å². The summed E-state index contributed by atoms with van der Waals surface area (Å²) >= 11 is 6.48. The first-order valence-corrected chi connectivity index (χ1v) is 8.10. The minimum Gasteiger partial charge on any atom is -0.393 e. The Morgan fingerprint density at radius 3 is 2.80 bits per heavy atom. The predicted octanol–water partition coefficient (Wildman–Crippen LogP) is 2.85. The molecule has 114 valence electrons. The number of hydrogen-bond donors (Lipinski definition) is 1. The molecule has 1 fully saturated rings. The van der Waals surface area contributed by atoms with Gasteiger partial charge < -0.3 is 5.11 Å². The summed E-state index contributed by atoms with van der Waals surface area (Å²) in [5.41, 5.74) is 2.12. The van der Waals surface area contributed by atoms with Gasteiger partial charge in [0.15, 0.2) is 0 Å². The molecule has 20 heavy (non-hydrogen) atoms. The van der Waals surface area contributed by atoms with Gasteiger partial charge in [-0.15, -0.1) is 0 Å². The lowest BCUT2D eigenvalue weighted by Crippen LogP contribution is -2.32. The van der Waals surface area contributed by atoms with E-state index in [1.807, 2.05) is 11.6 Å². The van der Waals surface area contributed by atoms with Crippen molar-refractivity contribution in [1.82, 2.24) is 14.7 Å². The minimum absolute atomic E-state index is 0.238. The van der Waals surface area contributed by atoms with Gasteiger partial charge in [0, 0.05) is 19.1 Å². The van der Waals surface area contributed by atoms with Crippen LogP contribution in [0.3, 0.4) is 0 Å². The monoisotopic (exact) mass is 299 g/mol. The van der Waals surface area contributed by atoms with Crippen molar-refractivity contribution in [2.45, 2.75) is 71.7 Å². The van der Waals surface area contributed by atoms with Gasteiger partial charge in [0.2, 0.25) is 0 Å². The summed E-state index contributed by atoms with van der Waals surface area (Å²) in [6.07, 6.45) is 3.85. The molecule has 0 spiro atoms. The van der Waals surface area contributed by atoms with Crippen molar-refractivity contribution in [3.8, 4) is 0 Å². The number of nitrogens with zero attached hydrogens (tertiary/aromatic N) is 3. The Bertz CT molecular complexity index is 445. The SMILES string of the molecule is CCc1nn(CC)c(CN2CCCC2CC(C)O)c1Cl. The number of aliphatic hydroxyl groups is 1. The quantitative estimate of drug-likeness (QED) is 0.878. The molecule has 0 bridgehead atoms. The molecule has 0 saturated carbocycles. The molecule has 2 heterocycles. The van der Waals surface area contributed by atoms with Crippen molar-refractivity contribution < 1.29 is 5.11 Å². The number of halogens is 1. The van der Waals surface area contributed by atoms with Crippen LogP contribution in [0.5, 0.6) is 0 Å². The van der Waals surface area contributed by atoms with Crippen LogP contribution in [-0.4, -0.2) is 38.5 Å². The third kappa shape index (κ3) is 3.35. The molecular formula is C15H26ClN3O. The van der Waals surface area contributed by atoms with E-state index in [9.17, 15) is 5.11 Å². The molecule has 1 saturated heterocycles. The summed E-state index contributed by atoms with van der Waals surface area (Å²) in [5.74, 6) is 0. The van der Waals surface area contributed by atoms with E-state index in [0.717, 1.165) is 48.9 Å². The van der Waals surface area contributed by atoms with Gasteiger partial charge in [0.25, 0.3) is 0 Å². The Balaban J connectivity index is 2.14. The fourth-order valence-corrected chi connectivity index (χ4v) is 3.45. The van der Waals surface area contributed by atoms with Crippen LogP contribution < -0.4 is 0 Å². The highest BCUT2D eigenvalue weighted by Gasteiger charge is 2.27. The summed E-state index contributed by atoms with van der Waals surface area (Å²) in [5, 5.41) is 15.0. The smallest absolute Gasteiger partial charge is 0.0863 e. The van der Waals surface area contributed by atoms with Gasteiger partial charge in [-0.2, -0.15) is 5.10 Å². The number of hydrogen-bond acceptors (Lipinski definition) is 3. The van der Waals surface area contributed by atoms with Gasteiger partial charge in [-0.3, -0.25) is 9.58 Å². The largest absolute Gasteiger partial charge is 0.393 e. The highest BCUT2D eigenvalue weighted by atomic mass is 35.5. The second kappa shape index (κ2) is 6.92. The van der Waals surface area contributed by atoms with E-state index < -0.39 is 0 Å². The van der Waals surface area contributed by atoms with E-state index in [2.05, 4.69) is 23.8 Å². The molecule has 0 aromatic carbocycles. The molecular weight excluding hydrogens is 274 g/mol. The molecule has 1 aromatic heterocycles. The number of aliphatic hydroxyl groups excluding tert-OH is 1. The van der Waals surface area contributed by atoms with Gasteiger partial charge in [-0.05, 0) is 46.1 Å². The van der Waals surface area contributed by atoms with Crippen LogP contribution in [0, 0.1) is 0 Å². The number of rotatable bonds is 6. The van der Waals surface area contributed by atoms with Crippen molar-refractivity contribution in [3.05, 3.63) is 16.4 Å². The highest BCUT2D eigenvalue weighted by Crippen LogP contribution is 2.28. The summed E-state index contributed by atoms with van der Waals surface area (Å²) in [4.78, 5) is 2.45. The van der Waals surface area contributed by atoms with E-state index in [1.165, 1.54) is 12.8 Å². The van der Waals surface area contributed by atoms with Crippen molar-refractivity contribution in [2.75, 3.05) is 6.54 Å². The minimum atomic E-state index is -0.238. The lowest BCUT2D eigenvalue weighted by atomic mass is 10.1. The molecule has 0 amide bonds. The lowest BCUT2D eigenvalue weighted by molar-refractivity contribution is 0.129. The highest BCUT2D eigenvalue weighted by molar-refractivity contribution is 6.31. The Hall–Kier alpha value is -0.580. The van der Waals surface area contributed by atoms with E-state index in [0.29, 0.717) is 6.04 Å². The van der Waals surface area contributed by atoms with Gasteiger partial charge in [-0.25, -0.2) is 0 Å². The maximum atomic E-state index is 9.62. The second-order valence-corrected chi connectivity index (χ2v) is 6.11. The summed E-state index contributed by atoms with van der Waals surface area (Å²) < 4.78 is 2.03. The van der Waals surface area contributed by atoms with E-state index in [-0.39, 0.29) is 6.10 Å². The van der Waals surface area contributed by atoms with Crippen molar-refractivity contribution in [2.24, 2.45) is 0 Å². The van der Waals surface area contributed by atoms with Crippen LogP contribution in [-0.2, 0) is 19.5 Å². The molecule has 2 rings (SSSR count). The zero-order valence-corrected chi connectivity index (χ0v) is 13.5. The topological polar surface area (TPSA) is 41.3 Å². The molecule has 1 aromatic rings. The van der Waals surface area contributed by atoms with Gasteiger partial charge in [0.05, 0.1) is 22.5 Å². The van der Waals surface area contributed by atoms with Crippen molar-refractivity contribution in [3.63, 3.8) is 0 Å². The first kappa shape index (κ1) is 15.8. The van der Waals surface area contributed by atoms with Gasteiger partial charge in [0.1, 0.15) is 0 Å². The Labute approximate surface area is 126 Å². The Morgan fingerprint density at radius 1 is 1.45 bits per heavy atom. The first-order chi connectivity index (χ1) is 9.56. The molecule has 0 radical (unpaired) electrons. The van der Waals surface area contributed by atoms with E-state index in [1.54, 1.807) is 0 Å². The van der Waals surface area contributed by atoms with Crippen molar-refractivity contribution >= 4 is 11.6 Å². The predicted molar refractivity (Wildman–Crippen MR) is 82.0 cm³/mol. The zero-order valence-electron chi connectivity index (χ0n) is 12.8. The van der Waals surface area contributed by atoms with Crippen LogP contribution in [0.1, 0.15) is 51.4 Å². The summed E-state index contributed by atoms with van der Waals surface area (Å²) in [6, 6.07) is 0.469. The number of aryl methyl sites for hydroxylation is 2. The number of likely N-dealkylation sites (tertiary alicyclic amines) is 1. The average molecular weight is 300 g/mol. The normalized spacial score (nSPS) is 21.6. The van der Waals surface area contributed by atoms with Crippen LogP contribution in [0.15, 0.2) is 0 Å². The Morgan fingerprint density at radius 2 is 2.20 bits per heavy atom. The number of aromatic nitrogens is 2. The Kier molecular flexibility index (Phi) is 5.47. The van der Waals surface area contributed by atoms with Crippen LogP contribution >= 0.6 is 11.6 Å². The van der Waals surface area contributed by atoms with Crippen LogP contribution in [0.25, 0.3) is 0 Å². The summed E-state index contributed by atoms with van der Waals surface area (Å²) in [6.45, 7) is 8.84. The standard InChI is InChI=1S/C15H26ClN3O/c1-4-13-15(16)14(19(5-2)17-13)10-18-8-6-7-12(18)9-11(3)20/h11-12,20H,4-10H2,1-3H3. The van der Waals surface area contributed by atoms with Crippen molar-refractivity contribution in [1.29, 1.82) is 0 Å². The van der Waals surface area contributed by atoms with Gasteiger partial charge >= 0.3 is 0 Å². The molecule has 1 aliphatic rings. The third-order valence-electron chi connectivity index (χ3n) is 4.16. The molecule has 2 atom stereocenters. The molecule has 1 N–H and O–H groups in total. The van der Waals surface area contributed by atoms with E-state index >= 15 is 0 Å². The van der Waals surface area contributed by atoms with Gasteiger partial charge in [-0.1, -0.05) is 18.5 Å². The third-order valence-corrected chi connectivity index (χ3v) is 4.60. The van der Waals surface area contributed by atoms with Crippen LogP contribution in [0.2, 0.25) is 5.02 Å². The molecule has 1 aliphatic heterocycles. The first-order valence-electron chi connectivity index (χ1n) is 7.72. The zero-order chi connectivity index (χ0) is 14.7. The lowest BCUT2D eigenvalue weighted by Gasteiger charge is -2.25. The summed E-state index contributed by atoms with van der Waals surface area (Å²) in [7, 11) is 0. The molecule has 2 unspecified atom stereocenters. The fraction of sp³-hybridized carbons (Fsp3) is 0.800. The molecule has 4 nitrogen and oxygen atoms in total. The molecule has 0 aliphatic carbocycles. The fourth-order valence-electron chi connectivity index (χ4n) is 3.12.